The Labute approximate surface area is 103 Å². The number of nitriles is 2. The molecule has 18 heavy (non-hydrogen) atoms. The summed E-state index contributed by atoms with van der Waals surface area (Å²) in [5, 5.41) is 26.8. The molecule has 0 bridgehead atoms. The van der Waals surface area contributed by atoms with Gasteiger partial charge in [-0.1, -0.05) is 18.2 Å². The summed E-state index contributed by atoms with van der Waals surface area (Å²) in [4.78, 5) is 11.2. The quantitative estimate of drug-likeness (QED) is 0.847. The lowest BCUT2D eigenvalue weighted by Gasteiger charge is -2.21. The first-order chi connectivity index (χ1) is 8.67. The Hall–Kier alpha value is -2.79. The third-order valence-electron chi connectivity index (χ3n) is 2.64. The van der Waals surface area contributed by atoms with Gasteiger partial charge in [0.15, 0.2) is 5.92 Å². The lowest BCUT2D eigenvalue weighted by atomic mass is 9.96. The van der Waals surface area contributed by atoms with E-state index in [1.807, 2.05) is 0 Å². The van der Waals surface area contributed by atoms with Gasteiger partial charge >= 0.3 is 5.97 Å². The molecule has 2 rings (SSSR count). The van der Waals surface area contributed by atoms with Gasteiger partial charge in [0.2, 0.25) is 0 Å². The van der Waals surface area contributed by atoms with Crippen LogP contribution < -0.4 is 4.74 Å². The van der Waals surface area contributed by atoms with Gasteiger partial charge in [-0.2, -0.15) is 10.5 Å². The van der Waals surface area contributed by atoms with Crippen molar-refractivity contribution in [1.29, 1.82) is 10.5 Å². The fourth-order valence-corrected chi connectivity index (χ4v) is 1.77. The van der Waals surface area contributed by atoms with Gasteiger partial charge in [-0.15, -0.1) is 0 Å². The molecule has 5 nitrogen and oxygen atoms in total. The number of benzene rings is 1. The van der Waals surface area contributed by atoms with Crippen molar-refractivity contribution >= 4 is 5.97 Å². The van der Waals surface area contributed by atoms with E-state index in [1.165, 1.54) is 0 Å². The summed E-state index contributed by atoms with van der Waals surface area (Å²) in [7, 11) is 0. The molecule has 0 amide bonds. The van der Waals surface area contributed by atoms with Crippen molar-refractivity contribution < 1.29 is 14.6 Å². The molecular formula is C13H8N2O3. The van der Waals surface area contributed by atoms with Crippen LogP contribution in [-0.2, 0) is 11.2 Å². The van der Waals surface area contributed by atoms with Gasteiger partial charge in [0.05, 0.1) is 17.7 Å². The van der Waals surface area contributed by atoms with Gasteiger partial charge in [-0.3, -0.25) is 0 Å². The molecule has 1 aromatic carbocycles. The maximum Gasteiger partial charge on any atom is 0.335 e. The predicted octanol–water partition coefficient (Wildman–Crippen LogP) is 1.62. The van der Waals surface area contributed by atoms with E-state index >= 15 is 0 Å². The summed E-state index contributed by atoms with van der Waals surface area (Å²) in [6.45, 7) is 0. The summed E-state index contributed by atoms with van der Waals surface area (Å²) in [6, 6.07) is 10.4. The van der Waals surface area contributed by atoms with Crippen LogP contribution in [0.3, 0.4) is 0 Å². The molecule has 1 aliphatic rings. The third kappa shape index (κ3) is 1.90. The van der Waals surface area contributed by atoms with Crippen LogP contribution >= 0.6 is 0 Å². The number of carboxylic acids is 1. The molecule has 5 heteroatoms. The number of nitrogens with zero attached hydrogens (tertiary/aromatic N) is 2. The summed E-state index contributed by atoms with van der Waals surface area (Å²) in [6.07, 6.45) is 0.153. The minimum absolute atomic E-state index is 0.0400. The number of fused-ring (bicyclic) bond motifs is 1. The summed E-state index contributed by atoms with van der Waals surface area (Å²) >= 11 is 0. The highest BCUT2D eigenvalue weighted by atomic mass is 16.5. The zero-order valence-electron chi connectivity index (χ0n) is 9.25. The topological polar surface area (TPSA) is 94.1 Å². The minimum atomic E-state index is -1.20. The van der Waals surface area contributed by atoms with Crippen molar-refractivity contribution in [2.45, 2.75) is 6.42 Å². The Bertz CT molecular complexity index is 606. The Morgan fingerprint density at radius 2 is 2.00 bits per heavy atom. The van der Waals surface area contributed by atoms with Crippen LogP contribution in [0.1, 0.15) is 5.56 Å². The number of para-hydroxylation sites is 1. The molecule has 1 heterocycles. The molecule has 88 valence electrons. The van der Waals surface area contributed by atoms with E-state index in [4.69, 9.17) is 20.4 Å². The highest BCUT2D eigenvalue weighted by Gasteiger charge is 2.29. The fourth-order valence-electron chi connectivity index (χ4n) is 1.77. The molecule has 1 N–H and O–H groups in total. The maximum atomic E-state index is 11.2. The Morgan fingerprint density at radius 1 is 1.33 bits per heavy atom. The average molecular weight is 240 g/mol. The first-order valence-corrected chi connectivity index (χ1v) is 5.18. The van der Waals surface area contributed by atoms with E-state index in [0.29, 0.717) is 5.75 Å². The number of hydrogen-bond acceptors (Lipinski definition) is 4. The largest absolute Gasteiger partial charge is 0.478 e. The van der Waals surface area contributed by atoms with Crippen molar-refractivity contribution in [1.82, 2.24) is 0 Å². The van der Waals surface area contributed by atoms with Crippen LogP contribution in [0.4, 0.5) is 0 Å². The van der Waals surface area contributed by atoms with Crippen molar-refractivity contribution in [2.75, 3.05) is 0 Å². The van der Waals surface area contributed by atoms with E-state index in [-0.39, 0.29) is 17.8 Å². The first-order valence-electron chi connectivity index (χ1n) is 5.18. The van der Waals surface area contributed by atoms with Crippen LogP contribution in [0.25, 0.3) is 0 Å². The number of ether oxygens (including phenoxy) is 1. The number of rotatable bonds is 2. The van der Waals surface area contributed by atoms with E-state index in [9.17, 15) is 4.79 Å². The van der Waals surface area contributed by atoms with Gasteiger partial charge in [-0.05, 0) is 11.6 Å². The van der Waals surface area contributed by atoms with Gasteiger partial charge in [-0.25, -0.2) is 4.79 Å². The van der Waals surface area contributed by atoms with E-state index in [1.54, 1.807) is 36.4 Å². The van der Waals surface area contributed by atoms with E-state index in [0.717, 1.165) is 5.56 Å². The summed E-state index contributed by atoms with van der Waals surface area (Å²) < 4.78 is 5.40. The molecule has 0 spiro atoms. The van der Waals surface area contributed by atoms with Gasteiger partial charge in [0, 0.05) is 6.42 Å². The summed E-state index contributed by atoms with van der Waals surface area (Å²) in [5.41, 5.74) is 0.690. The Morgan fingerprint density at radius 3 is 2.61 bits per heavy atom. The number of aliphatic carboxylic acids is 1. The first kappa shape index (κ1) is 11.7. The van der Waals surface area contributed by atoms with Crippen molar-refractivity contribution in [3.05, 3.63) is 41.2 Å². The van der Waals surface area contributed by atoms with Gasteiger partial charge in [0.25, 0.3) is 0 Å². The highest BCUT2D eigenvalue weighted by Crippen LogP contribution is 2.32. The second-order valence-electron chi connectivity index (χ2n) is 3.73. The number of carboxylic acid groups (broad SMARTS) is 1. The van der Waals surface area contributed by atoms with Crippen LogP contribution in [0.2, 0.25) is 0 Å². The minimum Gasteiger partial charge on any atom is -0.478 e. The highest BCUT2D eigenvalue weighted by molar-refractivity contribution is 5.88. The van der Waals surface area contributed by atoms with Crippen molar-refractivity contribution in [2.24, 2.45) is 5.92 Å². The molecule has 1 aromatic rings. The lowest BCUT2D eigenvalue weighted by Crippen LogP contribution is -2.20. The lowest BCUT2D eigenvalue weighted by molar-refractivity contribution is -0.133. The second kappa shape index (κ2) is 4.60. The Kier molecular flexibility index (Phi) is 2.99. The van der Waals surface area contributed by atoms with Crippen LogP contribution in [0.5, 0.6) is 5.75 Å². The third-order valence-corrected chi connectivity index (χ3v) is 2.64. The molecule has 0 aromatic heterocycles. The SMILES string of the molecule is N#CC(C#N)C1=C(C(=O)O)Cc2ccccc2O1. The zero-order chi connectivity index (χ0) is 13.1. The second-order valence-corrected chi connectivity index (χ2v) is 3.73. The number of allylic oxidation sites excluding steroid dienone is 1. The molecular weight excluding hydrogens is 232 g/mol. The molecule has 1 aliphatic heterocycles. The standard InChI is InChI=1S/C13H8N2O3/c14-6-9(7-15)12-10(13(16)17)5-8-3-1-2-4-11(8)18-12/h1-4,9H,5H2,(H,16,17). The summed E-state index contributed by atoms with van der Waals surface area (Å²) in [5.74, 6) is -1.96. The maximum absolute atomic E-state index is 11.2. The molecule has 0 saturated carbocycles. The predicted molar refractivity (Wildman–Crippen MR) is 60.2 cm³/mol. The molecule has 0 fully saturated rings. The molecule has 0 aliphatic carbocycles. The average Bonchev–Trinajstić information content (AvgIpc) is 2.39. The number of hydrogen-bond donors (Lipinski definition) is 1. The molecule has 0 radical (unpaired) electrons. The normalized spacial score (nSPS) is 13.3. The van der Waals surface area contributed by atoms with Gasteiger partial charge < -0.3 is 9.84 Å². The molecule has 0 atom stereocenters. The van der Waals surface area contributed by atoms with Crippen molar-refractivity contribution in [3.8, 4) is 17.9 Å². The Balaban J connectivity index is 2.51. The fraction of sp³-hybridized carbons (Fsp3) is 0.154. The van der Waals surface area contributed by atoms with Crippen molar-refractivity contribution in [3.63, 3.8) is 0 Å². The van der Waals surface area contributed by atoms with E-state index < -0.39 is 11.9 Å². The smallest absolute Gasteiger partial charge is 0.335 e. The zero-order valence-corrected chi connectivity index (χ0v) is 9.25. The van der Waals surface area contributed by atoms with Gasteiger partial charge in [0.1, 0.15) is 11.5 Å². The van der Waals surface area contributed by atoms with Crippen LogP contribution in [-0.4, -0.2) is 11.1 Å². The molecule has 0 saturated heterocycles. The molecule has 0 unspecified atom stereocenters. The van der Waals surface area contributed by atoms with E-state index in [2.05, 4.69) is 0 Å². The van der Waals surface area contributed by atoms with Crippen LogP contribution in [0, 0.1) is 28.6 Å². The number of carbonyl (C=O) groups is 1. The van der Waals surface area contributed by atoms with Crippen LogP contribution in [0.15, 0.2) is 35.6 Å². The monoisotopic (exact) mass is 240 g/mol.